The van der Waals surface area contributed by atoms with Crippen molar-refractivity contribution in [1.29, 1.82) is 0 Å². The van der Waals surface area contributed by atoms with Gasteiger partial charge in [-0.25, -0.2) is 4.57 Å². The second kappa shape index (κ2) is 67.8. The van der Waals surface area contributed by atoms with Crippen molar-refractivity contribution in [1.82, 2.24) is 5.32 Å². The zero-order valence-corrected chi connectivity index (χ0v) is 60.4. The Kier molecular flexibility index (Phi) is 66.3. The van der Waals surface area contributed by atoms with E-state index in [9.17, 15) is 19.0 Å². The van der Waals surface area contributed by atoms with Crippen molar-refractivity contribution in [3.8, 4) is 0 Å². The van der Waals surface area contributed by atoms with Gasteiger partial charge < -0.3 is 19.4 Å². The lowest BCUT2D eigenvalue weighted by Crippen LogP contribution is -2.47. The molecule has 0 aromatic heterocycles. The third-order valence-electron chi connectivity index (χ3n) is 17.5. The number of unbranched alkanes of at least 4 members (excludes halogenated alkanes) is 49. The Morgan fingerprint density at radius 1 is 0.398 bits per heavy atom. The summed E-state index contributed by atoms with van der Waals surface area (Å²) in [6.07, 6.45) is 87.1. The van der Waals surface area contributed by atoms with Gasteiger partial charge in [0.1, 0.15) is 19.3 Å². The first-order chi connectivity index (χ1) is 42.9. The molecule has 1 amide bonds. The van der Waals surface area contributed by atoms with Gasteiger partial charge in [0.25, 0.3) is 0 Å². The summed E-state index contributed by atoms with van der Waals surface area (Å²) < 4.78 is 30.9. The van der Waals surface area contributed by atoms with E-state index in [2.05, 4.69) is 68.6 Å². The minimum Gasteiger partial charge on any atom is -0.456 e. The Balaban J connectivity index is 4.93. The number of hydrogen-bond acceptors (Lipinski definition) is 6. The summed E-state index contributed by atoms with van der Waals surface area (Å²) in [5.74, 6) is -0.485. The van der Waals surface area contributed by atoms with Crippen LogP contribution in [0.5, 0.6) is 0 Å². The molecular formula is C78H150N2O7P+. The fourth-order valence-electron chi connectivity index (χ4n) is 11.6. The molecule has 0 spiro atoms. The molecule has 0 aromatic rings. The predicted molar refractivity (Wildman–Crippen MR) is 383 cm³/mol. The molecule has 9 nitrogen and oxygen atoms in total. The van der Waals surface area contributed by atoms with E-state index in [1.54, 1.807) is 0 Å². The van der Waals surface area contributed by atoms with Crippen molar-refractivity contribution in [2.75, 3.05) is 40.9 Å². The van der Waals surface area contributed by atoms with Gasteiger partial charge in [-0.1, -0.05) is 333 Å². The summed E-state index contributed by atoms with van der Waals surface area (Å²) >= 11 is 0. The van der Waals surface area contributed by atoms with Gasteiger partial charge in [0.2, 0.25) is 5.91 Å². The average molecular weight is 1260 g/mol. The molecular weight excluding hydrogens is 1110 g/mol. The van der Waals surface area contributed by atoms with E-state index in [0.717, 1.165) is 64.2 Å². The maximum atomic E-state index is 13.7. The minimum atomic E-state index is -4.45. The van der Waals surface area contributed by atoms with Gasteiger partial charge in [0.05, 0.1) is 33.8 Å². The first-order valence-electron chi connectivity index (χ1n) is 38.5. The molecule has 0 radical (unpaired) electrons. The van der Waals surface area contributed by atoms with E-state index in [-0.39, 0.29) is 25.1 Å². The SMILES string of the molecule is CCCCC/C=C\C/C=C\CCCCCCCCCCCCCCCCCCCC(=O)NC(COP(=O)(O)OCC[N+](C)(C)C)C(/C=C\CCCCCCCCCCCC)OC(=O)CCCCCCCCCCCCCCC/C=C/CCCCCCCC. The molecule has 0 rings (SSSR count). The third kappa shape index (κ3) is 68.3. The fourth-order valence-corrected chi connectivity index (χ4v) is 12.3. The van der Waals surface area contributed by atoms with Crippen LogP contribution in [0.15, 0.2) is 48.6 Å². The number of ether oxygens (including phenoxy) is 1. The number of rotatable bonds is 71. The Bertz CT molecular complexity index is 1640. The zero-order valence-electron chi connectivity index (χ0n) is 59.5. The smallest absolute Gasteiger partial charge is 0.456 e. The van der Waals surface area contributed by atoms with Crippen molar-refractivity contribution >= 4 is 19.7 Å². The second-order valence-corrected chi connectivity index (χ2v) is 29.0. The van der Waals surface area contributed by atoms with E-state index < -0.39 is 20.0 Å². The van der Waals surface area contributed by atoms with E-state index in [1.165, 1.54) is 289 Å². The number of carbonyl (C=O) groups is 2. The van der Waals surface area contributed by atoms with Crippen molar-refractivity contribution < 1.29 is 37.3 Å². The van der Waals surface area contributed by atoms with Crippen LogP contribution in [0.3, 0.4) is 0 Å². The van der Waals surface area contributed by atoms with Gasteiger partial charge >= 0.3 is 13.8 Å². The van der Waals surface area contributed by atoms with Crippen LogP contribution in [0.1, 0.15) is 387 Å². The average Bonchev–Trinajstić information content (AvgIpc) is 3.66. The summed E-state index contributed by atoms with van der Waals surface area (Å²) in [5, 5.41) is 3.08. The second-order valence-electron chi connectivity index (χ2n) is 27.5. The van der Waals surface area contributed by atoms with Gasteiger partial charge in [0.15, 0.2) is 0 Å². The van der Waals surface area contributed by atoms with Crippen LogP contribution in [0, 0.1) is 0 Å². The molecule has 3 unspecified atom stereocenters. The fraction of sp³-hybridized carbons (Fsp3) is 0.872. The van der Waals surface area contributed by atoms with Gasteiger partial charge in [0, 0.05) is 12.8 Å². The van der Waals surface area contributed by atoms with Gasteiger partial charge in [-0.05, 0) is 89.5 Å². The van der Waals surface area contributed by atoms with Gasteiger partial charge in [-0.2, -0.15) is 0 Å². The standard InChI is InChI=1S/C78H149N2O7P/c1-7-10-13-16-19-22-25-28-30-32-34-36-38-39-40-41-43-44-46-48-50-52-55-58-61-64-67-70-77(81)79-75(74-86-88(83,84)85-73-72-80(4,5)6)76(69-66-63-60-57-54-27-24-21-18-15-12-9-3)87-78(82)71-68-65-62-59-56-53-51-49-47-45-42-37-35-33-31-29-26-23-20-17-14-11-8-2/h19,22,28-31,66,69,75-76H,7-18,20-21,23-27,32-65,67-68,70-74H2,1-6H3,(H-,79,81,83,84)/p+1/b22-19-,30-28-,31-29+,69-66-. The highest BCUT2D eigenvalue weighted by atomic mass is 31.2. The monoisotopic (exact) mass is 1260 g/mol. The molecule has 0 aliphatic carbocycles. The number of hydrogen-bond donors (Lipinski definition) is 2. The lowest BCUT2D eigenvalue weighted by atomic mass is 10.0. The van der Waals surface area contributed by atoms with Crippen molar-refractivity contribution in [3.05, 3.63) is 48.6 Å². The number of nitrogens with one attached hydrogen (secondary N) is 1. The Morgan fingerprint density at radius 3 is 1.06 bits per heavy atom. The molecule has 0 fully saturated rings. The number of nitrogens with zero attached hydrogens (tertiary/aromatic N) is 1. The Hall–Kier alpha value is -2.03. The number of phosphoric acid groups is 1. The molecule has 0 aliphatic rings. The maximum absolute atomic E-state index is 13.7. The van der Waals surface area contributed by atoms with E-state index in [0.29, 0.717) is 23.9 Å². The molecule has 88 heavy (non-hydrogen) atoms. The topological polar surface area (TPSA) is 111 Å². The molecule has 2 N–H and O–H groups in total. The third-order valence-corrected chi connectivity index (χ3v) is 18.5. The van der Waals surface area contributed by atoms with Crippen LogP contribution in [-0.4, -0.2) is 74.3 Å². The molecule has 3 atom stereocenters. The van der Waals surface area contributed by atoms with Crippen LogP contribution in [0.4, 0.5) is 0 Å². The van der Waals surface area contributed by atoms with Crippen LogP contribution >= 0.6 is 7.82 Å². The molecule has 0 bridgehead atoms. The van der Waals surface area contributed by atoms with Crippen LogP contribution in [0.25, 0.3) is 0 Å². The quantitative estimate of drug-likeness (QED) is 0.0205. The highest BCUT2D eigenvalue weighted by molar-refractivity contribution is 7.47. The summed E-state index contributed by atoms with van der Waals surface area (Å²) in [7, 11) is 1.51. The predicted octanol–water partition coefficient (Wildman–Crippen LogP) is 24.7. The largest absolute Gasteiger partial charge is 0.472 e. The van der Waals surface area contributed by atoms with Crippen LogP contribution in [0.2, 0.25) is 0 Å². The number of esters is 1. The number of allylic oxidation sites excluding steroid dienone is 7. The molecule has 0 aliphatic heterocycles. The highest BCUT2D eigenvalue weighted by Gasteiger charge is 2.30. The summed E-state index contributed by atoms with van der Waals surface area (Å²) in [4.78, 5) is 38.0. The van der Waals surface area contributed by atoms with E-state index in [1.807, 2.05) is 27.2 Å². The van der Waals surface area contributed by atoms with Crippen molar-refractivity contribution in [3.63, 3.8) is 0 Å². The first-order valence-corrected chi connectivity index (χ1v) is 40.0. The Labute approximate surface area is 548 Å². The summed E-state index contributed by atoms with van der Waals surface area (Å²) in [6.45, 7) is 7.05. The molecule has 0 heterocycles. The minimum absolute atomic E-state index is 0.0425. The molecule has 10 heteroatoms. The molecule has 0 aromatic carbocycles. The molecule has 0 saturated heterocycles. The highest BCUT2D eigenvalue weighted by Crippen LogP contribution is 2.43. The number of phosphoric ester groups is 1. The molecule has 0 saturated carbocycles. The van der Waals surface area contributed by atoms with Crippen LogP contribution < -0.4 is 5.32 Å². The van der Waals surface area contributed by atoms with E-state index in [4.69, 9.17) is 13.8 Å². The first kappa shape index (κ1) is 86.0. The van der Waals surface area contributed by atoms with Crippen molar-refractivity contribution in [2.24, 2.45) is 0 Å². The summed E-state index contributed by atoms with van der Waals surface area (Å²) in [5.41, 5.74) is 0. The van der Waals surface area contributed by atoms with Crippen LogP contribution in [-0.2, 0) is 27.9 Å². The number of likely N-dealkylation sites (N-methyl/N-ethyl adjacent to an activating group) is 1. The van der Waals surface area contributed by atoms with Gasteiger partial charge in [-0.3, -0.25) is 18.6 Å². The van der Waals surface area contributed by atoms with E-state index >= 15 is 0 Å². The number of quaternary nitrogens is 1. The zero-order chi connectivity index (χ0) is 64.2. The Morgan fingerprint density at radius 2 is 0.693 bits per heavy atom. The lowest BCUT2D eigenvalue weighted by Gasteiger charge is -2.27. The van der Waals surface area contributed by atoms with Crippen molar-refractivity contribution in [2.45, 2.75) is 399 Å². The summed E-state index contributed by atoms with van der Waals surface area (Å²) in [6, 6.07) is -0.847. The normalized spacial score (nSPS) is 13.7. The number of carbonyl (C=O) groups excluding carboxylic acids is 2. The van der Waals surface area contributed by atoms with Gasteiger partial charge in [-0.15, -0.1) is 0 Å². The lowest BCUT2D eigenvalue weighted by molar-refractivity contribution is -0.870. The number of amides is 1. The molecule has 518 valence electrons. The maximum Gasteiger partial charge on any atom is 0.472 e.